The van der Waals surface area contributed by atoms with E-state index in [1.807, 2.05) is 0 Å². The molecule has 0 bridgehead atoms. The molecule has 0 unspecified atom stereocenters. The maximum Gasteiger partial charge on any atom is 0.391 e. The van der Waals surface area contributed by atoms with E-state index in [1.54, 1.807) is 13.8 Å². The number of hydrogen-bond donors (Lipinski definition) is 1. The fourth-order valence-corrected chi connectivity index (χ4v) is 3.08. The molecule has 25 heavy (non-hydrogen) atoms. The summed E-state index contributed by atoms with van der Waals surface area (Å²) in [5.74, 6) is -2.56. The fourth-order valence-electron chi connectivity index (χ4n) is 3.08. The molecule has 1 saturated carbocycles. The highest BCUT2D eigenvalue weighted by molar-refractivity contribution is 6.34. The number of nitrogens with zero attached hydrogens (tertiary/aromatic N) is 2. The topological polar surface area (TPSA) is 75.4 Å². The van der Waals surface area contributed by atoms with E-state index in [0.29, 0.717) is 29.9 Å². The van der Waals surface area contributed by atoms with Crippen molar-refractivity contribution in [2.75, 3.05) is 7.05 Å². The van der Waals surface area contributed by atoms with Gasteiger partial charge in [0.1, 0.15) is 5.76 Å². The number of halogens is 3. The first-order valence-corrected chi connectivity index (χ1v) is 8.14. The average molecular weight is 361 g/mol. The third-order valence-electron chi connectivity index (χ3n) is 4.59. The predicted molar refractivity (Wildman–Crippen MR) is 82.4 cm³/mol. The van der Waals surface area contributed by atoms with Crippen LogP contribution in [0.25, 0.3) is 0 Å². The van der Waals surface area contributed by atoms with Crippen molar-refractivity contribution in [2.24, 2.45) is 5.92 Å². The molecule has 1 heterocycles. The highest BCUT2D eigenvalue weighted by Crippen LogP contribution is 2.37. The Hall–Kier alpha value is -2.06. The van der Waals surface area contributed by atoms with Crippen LogP contribution in [0.2, 0.25) is 0 Å². The van der Waals surface area contributed by atoms with Crippen LogP contribution in [0.15, 0.2) is 4.52 Å². The SMILES string of the molecule is Cc1noc(C)c1CN(C)C(=O)C(=O)N[C@@H]1CCC[C@H](C(F)(F)F)C1. The van der Waals surface area contributed by atoms with E-state index in [1.165, 1.54) is 11.9 Å². The van der Waals surface area contributed by atoms with Crippen molar-refractivity contribution in [3.8, 4) is 0 Å². The molecular weight excluding hydrogens is 339 g/mol. The Labute approximate surface area is 143 Å². The van der Waals surface area contributed by atoms with Gasteiger partial charge in [-0.3, -0.25) is 9.59 Å². The van der Waals surface area contributed by atoms with Gasteiger partial charge in [0.2, 0.25) is 0 Å². The number of rotatable bonds is 3. The molecule has 0 radical (unpaired) electrons. The molecule has 2 atom stereocenters. The zero-order valence-electron chi connectivity index (χ0n) is 14.4. The molecule has 0 aromatic carbocycles. The zero-order valence-corrected chi connectivity index (χ0v) is 14.4. The number of likely N-dealkylation sites (N-methyl/N-ethyl adjacent to an activating group) is 1. The van der Waals surface area contributed by atoms with E-state index < -0.39 is 30.0 Å². The van der Waals surface area contributed by atoms with Gasteiger partial charge in [0, 0.05) is 18.7 Å². The monoisotopic (exact) mass is 361 g/mol. The minimum absolute atomic E-state index is 0.0652. The van der Waals surface area contributed by atoms with Gasteiger partial charge in [-0.15, -0.1) is 0 Å². The third-order valence-corrected chi connectivity index (χ3v) is 4.59. The normalized spacial score (nSPS) is 21.0. The van der Waals surface area contributed by atoms with Crippen molar-refractivity contribution >= 4 is 11.8 Å². The van der Waals surface area contributed by atoms with E-state index in [4.69, 9.17) is 4.52 Å². The number of hydrogen-bond acceptors (Lipinski definition) is 4. The summed E-state index contributed by atoms with van der Waals surface area (Å²) in [6, 6.07) is -0.635. The van der Waals surface area contributed by atoms with Crippen LogP contribution in [0.4, 0.5) is 13.2 Å². The predicted octanol–water partition coefficient (Wildman–Crippen LogP) is 2.49. The molecule has 1 N–H and O–H groups in total. The molecule has 1 aliphatic rings. The lowest BCUT2D eigenvalue weighted by Crippen LogP contribution is -2.47. The molecule has 9 heteroatoms. The highest BCUT2D eigenvalue weighted by atomic mass is 19.4. The average Bonchev–Trinajstić information content (AvgIpc) is 2.85. The molecule has 1 aromatic heterocycles. The molecule has 6 nitrogen and oxygen atoms in total. The van der Waals surface area contributed by atoms with Crippen molar-refractivity contribution in [2.45, 2.75) is 58.3 Å². The summed E-state index contributed by atoms with van der Waals surface area (Å²) in [7, 11) is 1.45. The summed E-state index contributed by atoms with van der Waals surface area (Å²) < 4.78 is 43.5. The number of carbonyl (C=O) groups excluding carboxylic acids is 2. The Morgan fingerprint density at radius 1 is 1.32 bits per heavy atom. The molecule has 1 aromatic rings. The van der Waals surface area contributed by atoms with Gasteiger partial charge in [-0.1, -0.05) is 11.6 Å². The molecule has 0 spiro atoms. The summed E-state index contributed by atoms with van der Waals surface area (Å²) in [5.41, 5.74) is 1.33. The van der Waals surface area contributed by atoms with Crippen LogP contribution < -0.4 is 5.32 Å². The fraction of sp³-hybridized carbons (Fsp3) is 0.688. The van der Waals surface area contributed by atoms with Crippen molar-refractivity contribution in [1.82, 2.24) is 15.4 Å². The minimum Gasteiger partial charge on any atom is -0.361 e. The molecule has 2 amide bonds. The summed E-state index contributed by atoms with van der Waals surface area (Å²) in [6.07, 6.45) is -3.57. The summed E-state index contributed by atoms with van der Waals surface area (Å²) >= 11 is 0. The van der Waals surface area contributed by atoms with Crippen LogP contribution in [-0.2, 0) is 16.1 Å². The van der Waals surface area contributed by atoms with Crippen molar-refractivity contribution in [1.29, 1.82) is 0 Å². The van der Waals surface area contributed by atoms with Crippen molar-refractivity contribution in [3.05, 3.63) is 17.0 Å². The Kier molecular flexibility index (Phi) is 5.74. The van der Waals surface area contributed by atoms with Gasteiger partial charge in [-0.05, 0) is 33.1 Å². The lowest BCUT2D eigenvalue weighted by atomic mass is 9.85. The van der Waals surface area contributed by atoms with Crippen LogP contribution in [0.3, 0.4) is 0 Å². The quantitative estimate of drug-likeness (QED) is 0.840. The van der Waals surface area contributed by atoms with E-state index in [2.05, 4.69) is 10.5 Å². The van der Waals surface area contributed by atoms with E-state index in [9.17, 15) is 22.8 Å². The van der Waals surface area contributed by atoms with Gasteiger partial charge in [0.05, 0.1) is 18.2 Å². The van der Waals surface area contributed by atoms with Gasteiger partial charge >= 0.3 is 18.0 Å². The molecule has 1 fully saturated rings. The molecule has 0 aliphatic heterocycles. The Morgan fingerprint density at radius 2 is 2.00 bits per heavy atom. The van der Waals surface area contributed by atoms with Gasteiger partial charge in [0.25, 0.3) is 0 Å². The van der Waals surface area contributed by atoms with Crippen LogP contribution in [0.1, 0.15) is 42.7 Å². The highest BCUT2D eigenvalue weighted by Gasteiger charge is 2.42. The third kappa shape index (κ3) is 4.73. The molecule has 2 rings (SSSR count). The van der Waals surface area contributed by atoms with Crippen LogP contribution in [0.5, 0.6) is 0 Å². The number of aryl methyl sites for hydroxylation is 2. The lowest BCUT2D eigenvalue weighted by molar-refractivity contribution is -0.184. The van der Waals surface area contributed by atoms with Crippen LogP contribution >= 0.6 is 0 Å². The largest absolute Gasteiger partial charge is 0.391 e. The smallest absolute Gasteiger partial charge is 0.361 e. The number of alkyl halides is 3. The number of nitrogens with one attached hydrogen (secondary N) is 1. The lowest BCUT2D eigenvalue weighted by Gasteiger charge is -2.31. The second kappa shape index (κ2) is 7.45. The number of amides is 2. The van der Waals surface area contributed by atoms with Crippen LogP contribution in [0, 0.1) is 19.8 Å². The van der Waals surface area contributed by atoms with E-state index >= 15 is 0 Å². The Balaban J connectivity index is 1.92. The first-order chi connectivity index (χ1) is 11.6. The first-order valence-electron chi connectivity index (χ1n) is 8.14. The molecule has 140 valence electrons. The molecule has 0 saturated heterocycles. The van der Waals surface area contributed by atoms with E-state index in [0.717, 1.165) is 0 Å². The summed E-state index contributed by atoms with van der Waals surface area (Å²) in [6.45, 7) is 3.57. The van der Waals surface area contributed by atoms with Crippen LogP contribution in [-0.4, -0.2) is 41.1 Å². The minimum atomic E-state index is -4.27. The maximum atomic E-state index is 12.8. The summed E-state index contributed by atoms with van der Waals surface area (Å²) in [5, 5.41) is 6.22. The Bertz CT molecular complexity index is 623. The second-order valence-corrected chi connectivity index (χ2v) is 6.54. The van der Waals surface area contributed by atoms with Crippen molar-refractivity contribution in [3.63, 3.8) is 0 Å². The molecule has 1 aliphatic carbocycles. The number of carbonyl (C=O) groups is 2. The first kappa shape index (κ1) is 19.3. The van der Waals surface area contributed by atoms with E-state index in [-0.39, 0.29) is 19.4 Å². The van der Waals surface area contributed by atoms with Crippen molar-refractivity contribution < 1.29 is 27.3 Å². The molecular formula is C16H22F3N3O3. The summed E-state index contributed by atoms with van der Waals surface area (Å²) in [4.78, 5) is 25.5. The van der Waals surface area contributed by atoms with Gasteiger partial charge in [-0.25, -0.2) is 0 Å². The van der Waals surface area contributed by atoms with Gasteiger partial charge < -0.3 is 14.7 Å². The van der Waals surface area contributed by atoms with Gasteiger partial charge in [0.15, 0.2) is 0 Å². The Morgan fingerprint density at radius 3 is 2.56 bits per heavy atom. The number of aromatic nitrogens is 1. The maximum absolute atomic E-state index is 12.8. The second-order valence-electron chi connectivity index (χ2n) is 6.54. The zero-order chi connectivity index (χ0) is 18.8. The standard InChI is InChI=1S/C16H22F3N3O3/c1-9-13(10(2)25-21-9)8-22(3)15(24)14(23)20-12-6-4-5-11(7-12)16(17,18)19/h11-12H,4-8H2,1-3H3,(H,20,23)/t11-,12+/m0/s1. The van der Waals surface area contributed by atoms with Gasteiger partial charge in [-0.2, -0.15) is 13.2 Å².